The summed E-state index contributed by atoms with van der Waals surface area (Å²) in [5, 5.41) is 5.91. The predicted octanol–water partition coefficient (Wildman–Crippen LogP) is 4.02. The molecule has 0 bridgehead atoms. The first-order valence-corrected chi connectivity index (χ1v) is 9.74. The molecule has 2 aliphatic rings. The quantitative estimate of drug-likeness (QED) is 0.871. The van der Waals surface area contributed by atoms with Crippen LogP contribution in [-0.4, -0.2) is 17.9 Å². The molecule has 0 radical (unpaired) electrons. The van der Waals surface area contributed by atoms with Gasteiger partial charge in [-0.15, -0.1) is 11.3 Å². The summed E-state index contributed by atoms with van der Waals surface area (Å²) in [6.45, 7) is 2.26. The van der Waals surface area contributed by atoms with E-state index in [2.05, 4.69) is 17.6 Å². The summed E-state index contributed by atoms with van der Waals surface area (Å²) in [4.78, 5) is 27.1. The van der Waals surface area contributed by atoms with Crippen LogP contribution in [0, 0.1) is 5.92 Å². The number of thiophene rings is 1. The molecule has 1 saturated carbocycles. The maximum atomic E-state index is 12.7. The van der Waals surface area contributed by atoms with Crippen molar-refractivity contribution in [2.75, 3.05) is 5.32 Å². The van der Waals surface area contributed by atoms with Crippen LogP contribution in [0.15, 0.2) is 30.3 Å². The number of anilines is 1. The molecule has 25 heavy (non-hydrogen) atoms. The Balaban J connectivity index is 1.52. The number of benzene rings is 1. The van der Waals surface area contributed by atoms with Crippen LogP contribution in [0.2, 0.25) is 0 Å². The molecule has 1 heterocycles. The molecule has 0 spiro atoms. The van der Waals surface area contributed by atoms with Crippen molar-refractivity contribution in [1.82, 2.24) is 5.32 Å². The van der Waals surface area contributed by atoms with Crippen LogP contribution < -0.4 is 10.6 Å². The van der Waals surface area contributed by atoms with Crippen LogP contribution in [0.5, 0.6) is 0 Å². The Bertz CT molecular complexity index is 823. The van der Waals surface area contributed by atoms with Crippen LogP contribution in [0.3, 0.4) is 0 Å². The van der Waals surface area contributed by atoms with E-state index in [0.717, 1.165) is 30.6 Å². The molecule has 1 atom stereocenters. The molecule has 2 aromatic rings. The van der Waals surface area contributed by atoms with Crippen LogP contribution in [0.1, 0.15) is 56.7 Å². The second kappa shape index (κ2) is 6.64. The highest BCUT2D eigenvalue weighted by molar-refractivity contribution is 7.14. The summed E-state index contributed by atoms with van der Waals surface area (Å²) < 4.78 is 0. The van der Waals surface area contributed by atoms with Crippen molar-refractivity contribution in [1.29, 1.82) is 0 Å². The maximum absolute atomic E-state index is 12.7. The smallest absolute Gasteiger partial charge is 0.265 e. The fraction of sp³-hybridized carbons (Fsp3) is 0.400. The normalized spacial score (nSPS) is 19.2. The van der Waals surface area contributed by atoms with Crippen molar-refractivity contribution >= 4 is 28.8 Å². The number of amides is 2. The zero-order valence-electron chi connectivity index (χ0n) is 14.3. The predicted molar refractivity (Wildman–Crippen MR) is 100 cm³/mol. The highest BCUT2D eigenvalue weighted by Gasteiger charge is 2.25. The molecular weight excluding hydrogens is 332 g/mol. The fourth-order valence-corrected chi connectivity index (χ4v) is 4.39. The van der Waals surface area contributed by atoms with Crippen LogP contribution in [-0.2, 0) is 12.8 Å². The van der Waals surface area contributed by atoms with Gasteiger partial charge in [0.2, 0.25) is 0 Å². The van der Waals surface area contributed by atoms with Gasteiger partial charge in [0.05, 0.1) is 16.1 Å². The summed E-state index contributed by atoms with van der Waals surface area (Å²) in [7, 11) is 0. The summed E-state index contributed by atoms with van der Waals surface area (Å²) in [6.07, 6.45) is 5.39. The minimum absolute atomic E-state index is 0.113. The summed E-state index contributed by atoms with van der Waals surface area (Å²) >= 11 is 1.59. The number of aryl methyl sites for hydroxylation is 1. The third-order valence-corrected chi connectivity index (χ3v) is 6.12. The number of hydrogen-bond acceptors (Lipinski definition) is 3. The van der Waals surface area contributed by atoms with Crippen LogP contribution in [0.4, 0.5) is 5.69 Å². The molecule has 1 unspecified atom stereocenters. The molecule has 1 aromatic heterocycles. The van der Waals surface area contributed by atoms with Gasteiger partial charge in [-0.1, -0.05) is 19.1 Å². The molecule has 2 N–H and O–H groups in total. The lowest BCUT2D eigenvalue weighted by molar-refractivity contribution is 0.0952. The molecule has 1 fully saturated rings. The molecule has 4 nitrogen and oxygen atoms in total. The standard InChI is InChI=1S/C20H22N2O2S/c1-12-6-9-17-13(10-12)11-18(25-17)20(24)22-16-5-3-2-4-15(16)19(23)21-14-7-8-14/h2-5,11-12,14H,6-10H2,1H3,(H,21,23)(H,22,24). The van der Waals surface area contributed by atoms with Gasteiger partial charge >= 0.3 is 0 Å². The number of carbonyl (C=O) groups excluding carboxylic acids is 2. The third-order valence-electron chi connectivity index (χ3n) is 4.89. The number of para-hydroxylation sites is 1. The minimum Gasteiger partial charge on any atom is -0.349 e. The van der Waals surface area contributed by atoms with Crippen molar-refractivity contribution in [3.63, 3.8) is 0 Å². The molecule has 0 saturated heterocycles. The number of nitrogens with one attached hydrogen (secondary N) is 2. The van der Waals surface area contributed by atoms with Gasteiger partial charge in [0.25, 0.3) is 11.8 Å². The number of rotatable bonds is 4. The zero-order chi connectivity index (χ0) is 17.4. The van der Waals surface area contributed by atoms with Crippen molar-refractivity contribution in [3.8, 4) is 0 Å². The van der Waals surface area contributed by atoms with Crippen molar-refractivity contribution in [3.05, 3.63) is 51.2 Å². The summed E-state index contributed by atoms with van der Waals surface area (Å²) in [5.74, 6) is 0.446. The fourth-order valence-electron chi connectivity index (χ4n) is 3.28. The van der Waals surface area contributed by atoms with E-state index in [1.54, 1.807) is 23.5 Å². The second-order valence-electron chi connectivity index (χ2n) is 7.15. The average molecular weight is 354 g/mol. The molecular formula is C20H22N2O2S. The first-order chi connectivity index (χ1) is 12.1. The van der Waals surface area contributed by atoms with Gasteiger partial charge < -0.3 is 10.6 Å². The molecule has 130 valence electrons. The number of hydrogen-bond donors (Lipinski definition) is 2. The lowest BCUT2D eigenvalue weighted by Gasteiger charge is -2.16. The van der Waals surface area contributed by atoms with Gasteiger partial charge in [-0.2, -0.15) is 0 Å². The lowest BCUT2D eigenvalue weighted by Crippen LogP contribution is -2.26. The van der Waals surface area contributed by atoms with Gasteiger partial charge in [0.15, 0.2) is 0 Å². The zero-order valence-corrected chi connectivity index (χ0v) is 15.1. The Hall–Kier alpha value is -2.14. The van der Waals surface area contributed by atoms with Gasteiger partial charge in [-0.05, 0) is 61.8 Å². The van der Waals surface area contributed by atoms with Crippen molar-refractivity contribution in [2.45, 2.75) is 45.1 Å². The molecule has 5 heteroatoms. The molecule has 1 aromatic carbocycles. The maximum Gasteiger partial charge on any atom is 0.265 e. The second-order valence-corrected chi connectivity index (χ2v) is 8.29. The van der Waals surface area contributed by atoms with E-state index in [9.17, 15) is 9.59 Å². The van der Waals surface area contributed by atoms with Gasteiger partial charge in [0.1, 0.15) is 0 Å². The Morgan fingerprint density at radius 2 is 1.92 bits per heavy atom. The van der Waals surface area contributed by atoms with E-state index in [1.807, 2.05) is 18.2 Å². The monoisotopic (exact) mass is 354 g/mol. The van der Waals surface area contributed by atoms with Gasteiger partial charge in [-0.25, -0.2) is 0 Å². The van der Waals surface area contributed by atoms with Crippen LogP contribution in [0.25, 0.3) is 0 Å². The third kappa shape index (κ3) is 3.61. The van der Waals surface area contributed by atoms with E-state index in [1.165, 1.54) is 16.9 Å². The summed E-state index contributed by atoms with van der Waals surface area (Å²) in [6, 6.07) is 9.52. The van der Waals surface area contributed by atoms with Crippen molar-refractivity contribution in [2.24, 2.45) is 5.92 Å². The van der Waals surface area contributed by atoms with E-state index in [4.69, 9.17) is 0 Å². The van der Waals surface area contributed by atoms with E-state index in [-0.39, 0.29) is 11.8 Å². The highest BCUT2D eigenvalue weighted by Crippen LogP contribution is 2.32. The largest absolute Gasteiger partial charge is 0.349 e. The molecule has 0 aliphatic heterocycles. The van der Waals surface area contributed by atoms with Crippen LogP contribution >= 0.6 is 11.3 Å². The average Bonchev–Trinajstić information content (AvgIpc) is 3.31. The Kier molecular flexibility index (Phi) is 4.34. The number of fused-ring (bicyclic) bond motifs is 1. The van der Waals surface area contributed by atoms with Crippen molar-refractivity contribution < 1.29 is 9.59 Å². The van der Waals surface area contributed by atoms with Gasteiger partial charge in [0, 0.05) is 10.9 Å². The summed E-state index contributed by atoms with van der Waals surface area (Å²) in [5.41, 5.74) is 2.41. The van der Waals surface area contributed by atoms with E-state index in [0.29, 0.717) is 23.2 Å². The topological polar surface area (TPSA) is 58.2 Å². The Morgan fingerprint density at radius 3 is 2.72 bits per heavy atom. The number of carbonyl (C=O) groups is 2. The van der Waals surface area contributed by atoms with Gasteiger partial charge in [-0.3, -0.25) is 9.59 Å². The SMILES string of the molecule is CC1CCc2sc(C(=O)Nc3ccccc3C(=O)NC3CC3)cc2C1. The van der Waals surface area contributed by atoms with E-state index >= 15 is 0 Å². The van der Waals surface area contributed by atoms with E-state index < -0.39 is 0 Å². The highest BCUT2D eigenvalue weighted by atomic mass is 32.1. The molecule has 4 rings (SSSR count). The lowest BCUT2D eigenvalue weighted by atomic mass is 9.90. The Morgan fingerprint density at radius 1 is 1.12 bits per heavy atom. The minimum atomic E-state index is -0.126. The first kappa shape index (κ1) is 16.3. The molecule has 2 amide bonds. The Labute approximate surface area is 151 Å². The molecule has 2 aliphatic carbocycles. The first-order valence-electron chi connectivity index (χ1n) is 8.93.